The minimum Gasteiger partial charge on any atom is -0.490 e. The van der Waals surface area contributed by atoms with Gasteiger partial charge >= 0.3 is 0 Å². The second kappa shape index (κ2) is 26.6. The summed E-state index contributed by atoms with van der Waals surface area (Å²) in [4.78, 5) is 31.1. The fourth-order valence-corrected chi connectivity index (χ4v) is 16.8. The number of halogens is 2. The molecule has 10 atom stereocenters. The van der Waals surface area contributed by atoms with E-state index in [1.165, 1.54) is 34.4 Å². The average Bonchev–Trinajstić information content (AvgIpc) is 1.87. The summed E-state index contributed by atoms with van der Waals surface area (Å²) in [5.74, 6) is 0.838. The summed E-state index contributed by atoms with van der Waals surface area (Å²) in [6.07, 6.45) is 16.9. The fraction of sp³-hybridized carbons (Fsp3) is 0.485. The van der Waals surface area contributed by atoms with E-state index in [-0.39, 0.29) is 45.6 Å². The zero-order chi connectivity index (χ0) is 60.1. The van der Waals surface area contributed by atoms with Gasteiger partial charge in [-0.2, -0.15) is 0 Å². The number of hydrogen-bond acceptors (Lipinski definition) is 12. The summed E-state index contributed by atoms with van der Waals surface area (Å²) in [5.41, 5.74) is 6.42. The number of aryl methyl sites for hydroxylation is 2. The van der Waals surface area contributed by atoms with Crippen LogP contribution in [0.3, 0.4) is 0 Å². The Balaban J connectivity index is 0.000000202. The van der Waals surface area contributed by atoms with E-state index in [1.54, 1.807) is 62.4 Å². The molecule has 6 aliphatic rings. The monoisotopic (exact) mass is 1220 g/mol. The number of carbonyl (C=O) groups is 2. The molecule has 0 aromatic heterocycles. The Hall–Kier alpha value is -5.62. The molecule has 84 heavy (non-hydrogen) atoms. The molecule has 452 valence electrons. The molecule has 2 spiro atoms. The molecule has 4 aliphatic carbocycles. The van der Waals surface area contributed by atoms with Gasteiger partial charge < -0.3 is 29.5 Å². The van der Waals surface area contributed by atoms with Crippen molar-refractivity contribution < 1.29 is 46.1 Å². The number of rotatable bonds is 20. The SMILES string of the molecule is C=CC[C@H](O)[C@@H]1CC[C@H]1CN1C[C@@]2(CCCc3cc(Cl)ccc32)COc2ccc(C(=O)NS(=O)(=O)[C@@H](C=C)CC)cc21.C=CC[C@H](O)[C@@H]1CC[C@H]1CN1C[C@@]2(CCCc3cc(Cl)ccc32)COc2ccc(C(=O)NS(=O)(=O)[C@H](C=C)CC)cc21. The minimum atomic E-state index is -3.92. The lowest BCUT2D eigenvalue weighted by Crippen LogP contribution is -2.49. The van der Waals surface area contributed by atoms with Crippen molar-refractivity contribution in [2.75, 3.05) is 49.2 Å². The summed E-state index contributed by atoms with van der Waals surface area (Å²) >= 11 is 12.8. The van der Waals surface area contributed by atoms with Gasteiger partial charge in [0.1, 0.15) is 11.5 Å². The molecule has 4 N–H and O–H groups in total. The summed E-state index contributed by atoms with van der Waals surface area (Å²) in [6, 6.07) is 22.5. The van der Waals surface area contributed by atoms with Crippen molar-refractivity contribution in [3.8, 4) is 11.5 Å². The lowest BCUT2D eigenvalue weighted by molar-refractivity contribution is 0.0176. The molecule has 0 radical (unpaired) electrons. The number of nitrogens with one attached hydrogen (secondary N) is 2. The first-order chi connectivity index (χ1) is 40.2. The zero-order valence-corrected chi connectivity index (χ0v) is 51.6. The Morgan fingerprint density at radius 3 is 1.38 bits per heavy atom. The third-order valence-electron chi connectivity index (χ3n) is 18.9. The number of anilines is 2. The number of amides is 2. The van der Waals surface area contributed by atoms with Gasteiger partial charge in [0.2, 0.25) is 20.0 Å². The van der Waals surface area contributed by atoms with Gasteiger partial charge in [0, 0.05) is 58.2 Å². The van der Waals surface area contributed by atoms with Crippen LogP contribution in [0.25, 0.3) is 0 Å². The molecule has 0 bridgehead atoms. The van der Waals surface area contributed by atoms with Crippen molar-refractivity contribution in [1.82, 2.24) is 9.44 Å². The van der Waals surface area contributed by atoms with Crippen molar-refractivity contribution >= 4 is 66.4 Å². The first-order valence-electron chi connectivity index (χ1n) is 29.8. The van der Waals surface area contributed by atoms with Crippen LogP contribution in [0.4, 0.5) is 11.4 Å². The molecule has 2 amide bonds. The van der Waals surface area contributed by atoms with Gasteiger partial charge in [0.25, 0.3) is 11.8 Å². The number of hydrogen-bond donors (Lipinski definition) is 4. The third-order valence-corrected chi connectivity index (χ3v) is 22.9. The Morgan fingerprint density at radius 1 is 0.631 bits per heavy atom. The number of sulfonamides is 2. The van der Waals surface area contributed by atoms with Crippen LogP contribution in [0, 0.1) is 23.7 Å². The molecule has 2 fully saturated rings. The highest BCUT2D eigenvalue weighted by Crippen LogP contribution is 2.49. The van der Waals surface area contributed by atoms with E-state index in [0.29, 0.717) is 76.6 Å². The van der Waals surface area contributed by atoms with Crippen molar-refractivity contribution in [3.05, 3.63) is 167 Å². The number of aliphatic hydroxyl groups is 2. The van der Waals surface area contributed by atoms with Gasteiger partial charge in [-0.3, -0.25) is 9.59 Å². The summed E-state index contributed by atoms with van der Waals surface area (Å²) in [5, 5.41) is 21.3. The number of fused-ring (bicyclic) bond motifs is 6. The molecule has 0 unspecified atom stereocenters. The predicted octanol–water partition coefficient (Wildman–Crippen LogP) is 11.6. The first kappa shape index (κ1) is 62.9. The van der Waals surface area contributed by atoms with Crippen LogP contribution in [0.2, 0.25) is 10.0 Å². The summed E-state index contributed by atoms with van der Waals surface area (Å²) in [7, 11) is -7.83. The Labute approximate surface area is 507 Å². The standard InChI is InChI=1S/2C33H41ClN2O5S/c2*1-4-8-30(37)27-13-10-24(27)19-36-20-33(16-7-9-22-17-25(34)12-14-28(22)33)21-41-31-15-11-23(18-29(31)36)32(38)35-42(39,40)26(5-2)6-3/h2*4-5,11-12,14-15,17-18,24,26-27,30,37H,1-2,6-10,13,16,19-21H2,3H3,(H,35,38)/t24-,26+,27+,30-,33-;24-,26-,27+,30-,33-/m00/s1. The van der Waals surface area contributed by atoms with Crippen molar-refractivity contribution in [1.29, 1.82) is 0 Å². The number of carbonyl (C=O) groups excluding carboxylic acids is 2. The van der Waals surface area contributed by atoms with E-state index in [2.05, 4.69) is 69.8 Å². The van der Waals surface area contributed by atoms with Gasteiger partial charge in [-0.05, 0) is 196 Å². The molecular weight excluding hydrogens is 1140 g/mol. The van der Waals surface area contributed by atoms with E-state index in [4.69, 9.17) is 32.7 Å². The highest BCUT2D eigenvalue weighted by Gasteiger charge is 2.47. The van der Waals surface area contributed by atoms with E-state index >= 15 is 0 Å². The molecule has 4 aromatic rings. The average molecular weight is 1230 g/mol. The lowest BCUT2D eigenvalue weighted by Gasteiger charge is -2.45. The zero-order valence-electron chi connectivity index (χ0n) is 48.5. The largest absolute Gasteiger partial charge is 0.490 e. The maximum Gasteiger partial charge on any atom is 0.264 e. The van der Waals surface area contributed by atoms with Crippen LogP contribution in [0.5, 0.6) is 11.5 Å². The van der Waals surface area contributed by atoms with Gasteiger partial charge in [-0.15, -0.1) is 26.3 Å². The quantitative estimate of drug-likeness (QED) is 0.0613. The van der Waals surface area contributed by atoms with Crippen LogP contribution in [-0.2, 0) is 43.7 Å². The lowest BCUT2D eigenvalue weighted by atomic mass is 9.68. The van der Waals surface area contributed by atoms with Gasteiger partial charge in [0.15, 0.2) is 0 Å². The molecule has 14 nitrogen and oxygen atoms in total. The molecule has 18 heteroatoms. The van der Waals surface area contributed by atoms with Crippen molar-refractivity contribution in [2.24, 2.45) is 23.7 Å². The molecule has 4 aromatic carbocycles. The van der Waals surface area contributed by atoms with Gasteiger partial charge in [0.05, 0.1) is 47.3 Å². The maximum absolute atomic E-state index is 13.2. The third kappa shape index (κ3) is 13.3. The highest BCUT2D eigenvalue weighted by molar-refractivity contribution is 7.91. The van der Waals surface area contributed by atoms with E-state index in [0.717, 1.165) is 85.6 Å². The summed E-state index contributed by atoms with van der Waals surface area (Å²) in [6.45, 7) is 22.0. The van der Waals surface area contributed by atoms with E-state index in [9.17, 15) is 36.6 Å². The molecule has 2 saturated carbocycles. The predicted molar refractivity (Wildman–Crippen MR) is 336 cm³/mol. The molecular formula is C66H82Cl2N4O10S2. The van der Waals surface area contributed by atoms with E-state index in [1.807, 2.05) is 12.1 Å². The minimum absolute atomic E-state index is 0.172. The second-order valence-electron chi connectivity index (χ2n) is 24.1. The van der Waals surface area contributed by atoms with Crippen LogP contribution in [0.15, 0.2) is 123 Å². The van der Waals surface area contributed by atoms with Crippen molar-refractivity contribution in [2.45, 2.75) is 137 Å². The van der Waals surface area contributed by atoms with E-state index < -0.39 is 54.6 Å². The van der Waals surface area contributed by atoms with Gasteiger partial charge in [-0.1, -0.05) is 73.5 Å². The van der Waals surface area contributed by atoms with Gasteiger partial charge in [-0.25, -0.2) is 26.3 Å². The Morgan fingerprint density at radius 2 is 1.04 bits per heavy atom. The topological polar surface area (TPSA) is 192 Å². The maximum atomic E-state index is 13.2. The first-order valence-corrected chi connectivity index (χ1v) is 33.6. The van der Waals surface area contributed by atoms with Crippen LogP contribution >= 0.6 is 23.2 Å². The number of benzene rings is 4. The normalized spacial score (nSPS) is 24.7. The number of ether oxygens (including phenoxy) is 2. The molecule has 2 aliphatic heterocycles. The second-order valence-corrected chi connectivity index (χ2v) is 28.7. The molecule has 10 rings (SSSR count). The Bertz CT molecular complexity index is 3140. The van der Waals surface area contributed by atoms with Crippen LogP contribution < -0.4 is 28.7 Å². The number of aliphatic hydroxyl groups excluding tert-OH is 2. The fourth-order valence-electron chi connectivity index (χ4n) is 14.0. The number of nitrogens with zero attached hydrogens (tertiary/aromatic N) is 2. The highest BCUT2D eigenvalue weighted by atomic mass is 35.5. The Kier molecular flexibility index (Phi) is 19.9. The molecule has 2 heterocycles. The van der Waals surface area contributed by atoms with Crippen molar-refractivity contribution in [3.63, 3.8) is 0 Å². The van der Waals surface area contributed by atoms with Crippen LogP contribution in [0.1, 0.15) is 134 Å². The smallest absolute Gasteiger partial charge is 0.264 e. The molecule has 0 saturated heterocycles. The van der Waals surface area contributed by atoms with Crippen LogP contribution in [-0.4, -0.2) is 101 Å². The summed E-state index contributed by atoms with van der Waals surface area (Å²) < 4.78 is 68.7.